The Kier molecular flexibility index (Phi) is 5.29. The predicted molar refractivity (Wildman–Crippen MR) is 77.9 cm³/mol. The zero-order chi connectivity index (χ0) is 15.1. The Morgan fingerprint density at radius 1 is 1.33 bits per heavy atom. The number of pyridine rings is 1. The van der Waals surface area contributed by atoms with Gasteiger partial charge in [-0.25, -0.2) is 9.37 Å². The molecule has 2 aromatic rings. The number of nitrogens with zero attached hydrogens (tertiary/aromatic N) is 2. The first-order valence-corrected chi connectivity index (χ1v) is 7.16. The van der Waals surface area contributed by atoms with E-state index in [0.29, 0.717) is 17.1 Å². The summed E-state index contributed by atoms with van der Waals surface area (Å²) in [6.07, 6.45) is 1.58. The van der Waals surface area contributed by atoms with Crippen LogP contribution in [0.2, 0.25) is 0 Å². The Hall–Kier alpha value is -2.39. The maximum absolute atomic E-state index is 12.7. The Morgan fingerprint density at radius 2 is 2.10 bits per heavy atom. The molecule has 0 atom stereocenters. The molecule has 106 valence electrons. The molecule has 4 nitrogen and oxygen atoms in total. The highest BCUT2D eigenvalue weighted by atomic mass is 32.2. The van der Waals surface area contributed by atoms with Crippen LogP contribution in [-0.2, 0) is 11.3 Å². The van der Waals surface area contributed by atoms with Gasteiger partial charge in [0, 0.05) is 12.7 Å². The Bertz CT molecular complexity index is 667. The third kappa shape index (κ3) is 4.58. The van der Waals surface area contributed by atoms with E-state index in [9.17, 15) is 9.18 Å². The zero-order valence-corrected chi connectivity index (χ0v) is 11.9. The van der Waals surface area contributed by atoms with Gasteiger partial charge in [0.2, 0.25) is 5.91 Å². The summed E-state index contributed by atoms with van der Waals surface area (Å²) in [4.78, 5) is 15.8. The number of hydrogen-bond acceptors (Lipinski definition) is 4. The van der Waals surface area contributed by atoms with Gasteiger partial charge in [0.1, 0.15) is 16.9 Å². The summed E-state index contributed by atoms with van der Waals surface area (Å²) in [6, 6.07) is 11.3. The molecular formula is C15H12FN3OS. The lowest BCUT2D eigenvalue weighted by Gasteiger charge is -2.05. The summed E-state index contributed by atoms with van der Waals surface area (Å²) in [5, 5.41) is 12.2. The van der Waals surface area contributed by atoms with Crippen LogP contribution in [0.15, 0.2) is 47.6 Å². The van der Waals surface area contributed by atoms with E-state index < -0.39 is 0 Å². The molecule has 6 heteroatoms. The molecule has 1 heterocycles. The lowest BCUT2D eigenvalue weighted by molar-refractivity contribution is -0.118. The van der Waals surface area contributed by atoms with E-state index in [2.05, 4.69) is 10.3 Å². The molecule has 0 saturated heterocycles. The van der Waals surface area contributed by atoms with Gasteiger partial charge < -0.3 is 5.32 Å². The molecule has 0 aliphatic carbocycles. The Labute approximate surface area is 126 Å². The fourth-order valence-electron chi connectivity index (χ4n) is 1.58. The molecular weight excluding hydrogens is 289 g/mol. The fourth-order valence-corrected chi connectivity index (χ4v) is 2.35. The predicted octanol–water partition coefficient (Wildman–Crippen LogP) is 2.50. The molecule has 1 aromatic heterocycles. The quantitative estimate of drug-likeness (QED) is 0.862. The average molecular weight is 301 g/mol. The van der Waals surface area contributed by atoms with E-state index in [1.165, 1.54) is 23.9 Å². The number of nitrogens with one attached hydrogen (secondary N) is 1. The summed E-state index contributed by atoms with van der Waals surface area (Å²) >= 11 is 1.21. The van der Waals surface area contributed by atoms with E-state index in [4.69, 9.17) is 5.26 Å². The zero-order valence-electron chi connectivity index (χ0n) is 11.0. The number of halogens is 1. The molecule has 2 rings (SSSR count). The number of hydrogen-bond donors (Lipinski definition) is 1. The van der Waals surface area contributed by atoms with Gasteiger partial charge in [-0.1, -0.05) is 23.9 Å². The lowest BCUT2D eigenvalue weighted by atomic mass is 10.2. The third-order valence-corrected chi connectivity index (χ3v) is 3.64. The van der Waals surface area contributed by atoms with Crippen LogP contribution in [0.1, 0.15) is 11.1 Å². The molecule has 0 saturated carbocycles. The normalized spacial score (nSPS) is 9.90. The highest BCUT2D eigenvalue weighted by Gasteiger charge is 2.07. The molecule has 0 bridgehead atoms. The van der Waals surface area contributed by atoms with Crippen LogP contribution in [0.3, 0.4) is 0 Å². The Balaban J connectivity index is 1.82. The van der Waals surface area contributed by atoms with Crippen LogP contribution in [0.25, 0.3) is 0 Å². The molecule has 1 amide bonds. The van der Waals surface area contributed by atoms with Gasteiger partial charge in [0.25, 0.3) is 0 Å². The number of rotatable bonds is 5. The van der Waals surface area contributed by atoms with Crippen LogP contribution in [0, 0.1) is 17.1 Å². The van der Waals surface area contributed by atoms with Crippen molar-refractivity contribution in [2.75, 3.05) is 5.75 Å². The van der Waals surface area contributed by atoms with Crippen molar-refractivity contribution in [3.63, 3.8) is 0 Å². The van der Waals surface area contributed by atoms with E-state index >= 15 is 0 Å². The number of nitriles is 1. The van der Waals surface area contributed by atoms with Gasteiger partial charge >= 0.3 is 0 Å². The molecule has 1 aromatic carbocycles. The SMILES string of the molecule is N#Cc1cccnc1SCC(=O)NCc1ccc(F)cc1. The maximum atomic E-state index is 12.7. The summed E-state index contributed by atoms with van der Waals surface area (Å²) < 4.78 is 12.7. The smallest absolute Gasteiger partial charge is 0.230 e. The summed E-state index contributed by atoms with van der Waals surface area (Å²) in [5.41, 5.74) is 1.28. The third-order valence-electron chi connectivity index (χ3n) is 2.63. The topological polar surface area (TPSA) is 65.8 Å². The number of thioether (sulfide) groups is 1. The highest BCUT2D eigenvalue weighted by molar-refractivity contribution is 7.99. The maximum Gasteiger partial charge on any atom is 0.230 e. The van der Waals surface area contributed by atoms with Crippen molar-refractivity contribution in [2.24, 2.45) is 0 Å². The van der Waals surface area contributed by atoms with Gasteiger partial charge in [-0.15, -0.1) is 0 Å². The molecule has 0 spiro atoms. The summed E-state index contributed by atoms with van der Waals surface area (Å²) in [5.74, 6) is -0.300. The Morgan fingerprint density at radius 3 is 2.81 bits per heavy atom. The first-order valence-electron chi connectivity index (χ1n) is 6.18. The average Bonchev–Trinajstić information content (AvgIpc) is 2.52. The van der Waals surface area contributed by atoms with Gasteiger partial charge in [-0.3, -0.25) is 4.79 Å². The van der Waals surface area contributed by atoms with Crippen LogP contribution in [0.4, 0.5) is 4.39 Å². The van der Waals surface area contributed by atoms with E-state index in [-0.39, 0.29) is 17.5 Å². The van der Waals surface area contributed by atoms with Crippen LogP contribution >= 0.6 is 11.8 Å². The van der Waals surface area contributed by atoms with Gasteiger partial charge in [0.05, 0.1) is 11.3 Å². The molecule has 0 aliphatic heterocycles. The first-order chi connectivity index (χ1) is 10.2. The molecule has 21 heavy (non-hydrogen) atoms. The van der Waals surface area contributed by atoms with Crippen molar-refractivity contribution in [2.45, 2.75) is 11.6 Å². The highest BCUT2D eigenvalue weighted by Crippen LogP contribution is 2.18. The molecule has 0 unspecified atom stereocenters. The van der Waals surface area contributed by atoms with Crippen molar-refractivity contribution in [1.82, 2.24) is 10.3 Å². The van der Waals surface area contributed by atoms with Crippen LogP contribution < -0.4 is 5.32 Å². The fraction of sp³-hybridized carbons (Fsp3) is 0.133. The lowest BCUT2D eigenvalue weighted by Crippen LogP contribution is -2.24. The summed E-state index contributed by atoms with van der Waals surface area (Å²) in [7, 11) is 0. The minimum absolute atomic E-state index is 0.168. The first kappa shape index (κ1) is 15.0. The second-order valence-corrected chi connectivity index (χ2v) is 5.12. The van der Waals surface area contributed by atoms with Crippen molar-refractivity contribution in [1.29, 1.82) is 5.26 Å². The standard InChI is InChI=1S/C15H12FN3OS/c16-13-5-3-11(4-6-13)9-19-14(20)10-21-15-12(8-17)2-1-7-18-15/h1-7H,9-10H2,(H,19,20). The minimum Gasteiger partial charge on any atom is -0.351 e. The van der Waals surface area contributed by atoms with Crippen molar-refractivity contribution >= 4 is 17.7 Å². The minimum atomic E-state index is -0.306. The van der Waals surface area contributed by atoms with Crippen molar-refractivity contribution < 1.29 is 9.18 Å². The van der Waals surface area contributed by atoms with E-state index in [0.717, 1.165) is 5.56 Å². The summed E-state index contributed by atoms with van der Waals surface area (Å²) in [6.45, 7) is 0.340. The van der Waals surface area contributed by atoms with E-state index in [1.807, 2.05) is 6.07 Å². The molecule has 0 fully saturated rings. The van der Waals surface area contributed by atoms with Gasteiger partial charge in [-0.05, 0) is 29.8 Å². The van der Waals surface area contributed by atoms with Crippen LogP contribution in [0.5, 0.6) is 0 Å². The largest absolute Gasteiger partial charge is 0.351 e. The van der Waals surface area contributed by atoms with Crippen molar-refractivity contribution in [3.8, 4) is 6.07 Å². The second-order valence-electron chi connectivity index (χ2n) is 4.16. The van der Waals surface area contributed by atoms with Crippen molar-refractivity contribution in [3.05, 3.63) is 59.5 Å². The van der Waals surface area contributed by atoms with E-state index in [1.54, 1.807) is 30.5 Å². The van der Waals surface area contributed by atoms with Gasteiger partial charge in [-0.2, -0.15) is 5.26 Å². The molecule has 0 aliphatic rings. The van der Waals surface area contributed by atoms with Gasteiger partial charge in [0.15, 0.2) is 0 Å². The number of benzene rings is 1. The number of amides is 1. The molecule has 0 radical (unpaired) electrons. The number of carbonyl (C=O) groups excluding carboxylic acids is 1. The van der Waals surface area contributed by atoms with Crippen LogP contribution in [-0.4, -0.2) is 16.6 Å². The monoisotopic (exact) mass is 301 g/mol. The second kappa shape index (κ2) is 7.41. The number of carbonyl (C=O) groups is 1. The number of aromatic nitrogens is 1. The molecule has 1 N–H and O–H groups in total.